The molecule has 3 aromatic rings. The number of nitro groups is 1. The Balaban J connectivity index is 1.74. The van der Waals surface area contributed by atoms with Crippen LogP contribution in [0, 0.1) is 24.0 Å². The maximum Gasteiger partial charge on any atom is 0.271 e. The Morgan fingerprint density at radius 1 is 1.16 bits per heavy atom. The lowest BCUT2D eigenvalue weighted by atomic mass is 10.1. The highest BCUT2D eigenvalue weighted by Crippen LogP contribution is 2.40. The number of thioether (sulfide) groups is 1. The van der Waals surface area contributed by atoms with Gasteiger partial charge in [-0.2, -0.15) is 10.1 Å². The molecule has 9 nitrogen and oxygen atoms in total. The van der Waals surface area contributed by atoms with Gasteiger partial charge in [-0.25, -0.2) is 5.01 Å². The Kier molecular flexibility index (Phi) is 5.96. The number of nitrogens with one attached hydrogen (secondary N) is 1. The summed E-state index contributed by atoms with van der Waals surface area (Å²) in [6.07, 6.45) is 0. The SMILES string of the molecule is CC1=NN(/C(=N/c2nnc(C)s2)Nc2cccc([N+](=O)[O-])c2)C(c2ccc(C)cc2)S1. The summed E-state index contributed by atoms with van der Waals surface area (Å²) in [5, 5.41) is 31.0. The molecule has 0 aliphatic carbocycles. The van der Waals surface area contributed by atoms with Crippen LogP contribution in [0.15, 0.2) is 58.6 Å². The van der Waals surface area contributed by atoms with Crippen LogP contribution in [-0.4, -0.2) is 31.1 Å². The summed E-state index contributed by atoms with van der Waals surface area (Å²) < 4.78 is 0. The van der Waals surface area contributed by atoms with E-state index < -0.39 is 4.92 Å². The average molecular weight is 454 g/mol. The van der Waals surface area contributed by atoms with Crippen molar-refractivity contribution >= 4 is 50.6 Å². The van der Waals surface area contributed by atoms with Gasteiger partial charge in [0.25, 0.3) is 5.69 Å². The van der Waals surface area contributed by atoms with Crippen LogP contribution >= 0.6 is 23.1 Å². The molecule has 2 aromatic carbocycles. The molecule has 1 aliphatic rings. The van der Waals surface area contributed by atoms with Crippen LogP contribution in [-0.2, 0) is 0 Å². The molecule has 1 aromatic heterocycles. The predicted molar refractivity (Wildman–Crippen MR) is 125 cm³/mol. The summed E-state index contributed by atoms with van der Waals surface area (Å²) in [6, 6.07) is 14.5. The van der Waals surface area contributed by atoms with Gasteiger partial charge in [-0.3, -0.25) is 10.1 Å². The van der Waals surface area contributed by atoms with Gasteiger partial charge >= 0.3 is 0 Å². The Morgan fingerprint density at radius 3 is 2.61 bits per heavy atom. The van der Waals surface area contributed by atoms with E-state index in [1.165, 1.54) is 29.0 Å². The van der Waals surface area contributed by atoms with E-state index in [2.05, 4.69) is 49.9 Å². The Bertz CT molecular complexity index is 1170. The van der Waals surface area contributed by atoms with Crippen molar-refractivity contribution < 1.29 is 4.92 Å². The van der Waals surface area contributed by atoms with Gasteiger partial charge in [0.05, 0.1) is 9.97 Å². The van der Waals surface area contributed by atoms with E-state index in [1.807, 2.05) is 20.8 Å². The number of hydrogen-bond acceptors (Lipinski definition) is 8. The molecular formula is C20H19N7O2S2. The van der Waals surface area contributed by atoms with Gasteiger partial charge in [0.1, 0.15) is 10.4 Å². The number of non-ortho nitro benzene ring substituents is 1. The number of anilines is 1. The van der Waals surface area contributed by atoms with Crippen LogP contribution in [0.1, 0.15) is 28.4 Å². The van der Waals surface area contributed by atoms with Crippen molar-refractivity contribution in [2.45, 2.75) is 26.1 Å². The summed E-state index contributed by atoms with van der Waals surface area (Å²) in [5.41, 5.74) is 2.75. The molecule has 0 saturated heterocycles. The highest BCUT2D eigenvalue weighted by Gasteiger charge is 2.31. The average Bonchev–Trinajstić information content (AvgIpc) is 3.33. The number of guanidine groups is 1. The molecule has 0 spiro atoms. The Hall–Kier alpha value is -3.31. The van der Waals surface area contributed by atoms with Crippen LogP contribution in [0.5, 0.6) is 0 Å². The first-order chi connectivity index (χ1) is 14.9. The lowest BCUT2D eigenvalue weighted by molar-refractivity contribution is -0.384. The third kappa shape index (κ3) is 4.89. The molecule has 0 fully saturated rings. The second-order valence-electron chi connectivity index (χ2n) is 6.82. The normalized spacial score (nSPS) is 16.4. The maximum absolute atomic E-state index is 11.2. The second-order valence-corrected chi connectivity index (χ2v) is 9.25. The zero-order chi connectivity index (χ0) is 22.0. The van der Waals surface area contributed by atoms with E-state index in [4.69, 9.17) is 0 Å². The van der Waals surface area contributed by atoms with Crippen LogP contribution in [0.3, 0.4) is 0 Å². The van der Waals surface area contributed by atoms with Crippen molar-refractivity contribution in [2.24, 2.45) is 10.1 Å². The van der Waals surface area contributed by atoms with E-state index in [0.717, 1.165) is 15.6 Å². The third-order valence-electron chi connectivity index (χ3n) is 4.36. The molecule has 31 heavy (non-hydrogen) atoms. The number of hydrazone groups is 1. The molecule has 1 unspecified atom stereocenters. The molecule has 158 valence electrons. The number of rotatable bonds is 4. The molecule has 2 heterocycles. The van der Waals surface area contributed by atoms with E-state index >= 15 is 0 Å². The third-order valence-corrected chi connectivity index (χ3v) is 6.21. The quantitative estimate of drug-likeness (QED) is 0.249. The summed E-state index contributed by atoms with van der Waals surface area (Å²) in [7, 11) is 0. The van der Waals surface area contributed by atoms with Crippen molar-refractivity contribution in [1.82, 2.24) is 15.2 Å². The summed E-state index contributed by atoms with van der Waals surface area (Å²) in [4.78, 5) is 15.4. The van der Waals surface area contributed by atoms with Gasteiger partial charge in [0, 0.05) is 17.8 Å². The number of benzene rings is 2. The van der Waals surface area contributed by atoms with E-state index in [0.29, 0.717) is 16.8 Å². The molecule has 0 bridgehead atoms. The van der Waals surface area contributed by atoms with Gasteiger partial charge < -0.3 is 5.32 Å². The van der Waals surface area contributed by atoms with E-state index in [9.17, 15) is 10.1 Å². The second kappa shape index (κ2) is 8.82. The molecule has 0 saturated carbocycles. The van der Waals surface area contributed by atoms with Crippen molar-refractivity contribution in [3.63, 3.8) is 0 Å². The molecule has 1 aliphatic heterocycles. The van der Waals surface area contributed by atoms with Crippen molar-refractivity contribution in [2.75, 3.05) is 5.32 Å². The topological polar surface area (TPSA) is 109 Å². The first kappa shape index (κ1) is 20.9. The van der Waals surface area contributed by atoms with Gasteiger partial charge in [-0.05, 0) is 32.4 Å². The maximum atomic E-state index is 11.2. The molecule has 0 amide bonds. The van der Waals surface area contributed by atoms with Crippen molar-refractivity contribution in [3.05, 3.63) is 74.8 Å². The summed E-state index contributed by atoms with van der Waals surface area (Å²) in [6.45, 7) is 5.83. The number of hydrogen-bond donors (Lipinski definition) is 1. The van der Waals surface area contributed by atoms with Crippen molar-refractivity contribution in [1.29, 1.82) is 0 Å². The molecule has 1 N–H and O–H groups in total. The zero-order valence-electron chi connectivity index (χ0n) is 17.0. The van der Waals surface area contributed by atoms with Crippen LogP contribution in [0.25, 0.3) is 0 Å². The summed E-state index contributed by atoms with van der Waals surface area (Å²) in [5.74, 6) is 0.409. The lowest BCUT2D eigenvalue weighted by Crippen LogP contribution is -2.32. The highest BCUT2D eigenvalue weighted by atomic mass is 32.2. The monoisotopic (exact) mass is 453 g/mol. The fraction of sp³-hybridized carbons (Fsp3) is 0.200. The number of nitrogens with zero attached hydrogens (tertiary/aromatic N) is 6. The smallest absolute Gasteiger partial charge is 0.271 e. The molecular weight excluding hydrogens is 434 g/mol. The predicted octanol–water partition coefficient (Wildman–Crippen LogP) is 5.24. The lowest BCUT2D eigenvalue weighted by Gasteiger charge is -2.24. The Labute approximate surface area is 187 Å². The number of nitro benzene ring substituents is 1. The van der Waals surface area contributed by atoms with Crippen LogP contribution in [0.2, 0.25) is 0 Å². The van der Waals surface area contributed by atoms with Gasteiger partial charge in [0.2, 0.25) is 11.1 Å². The molecule has 1 atom stereocenters. The fourth-order valence-electron chi connectivity index (χ4n) is 2.92. The van der Waals surface area contributed by atoms with Gasteiger partial charge in [-0.1, -0.05) is 59.0 Å². The van der Waals surface area contributed by atoms with Crippen molar-refractivity contribution in [3.8, 4) is 0 Å². The molecule has 11 heteroatoms. The minimum absolute atomic E-state index is 0.0123. The minimum Gasteiger partial charge on any atom is -0.324 e. The van der Waals surface area contributed by atoms with E-state index in [-0.39, 0.29) is 11.1 Å². The molecule has 4 rings (SSSR count). The zero-order valence-corrected chi connectivity index (χ0v) is 18.6. The first-order valence-corrected chi connectivity index (χ1v) is 11.1. The van der Waals surface area contributed by atoms with Gasteiger partial charge in [-0.15, -0.1) is 10.2 Å². The standard InChI is InChI=1S/C20H19N7O2S2/c1-12-7-9-15(10-8-12)18-26(25-14(3)30-18)19(22-20-24-23-13(2)31-20)21-16-5-4-6-17(11-16)27(28)29/h4-11,18H,1-3H3,(H,21,22,24). The minimum atomic E-state index is -0.431. The fourth-order valence-corrected chi connectivity index (χ4v) is 4.48. The number of aliphatic imine (C=N–C) groups is 1. The van der Waals surface area contributed by atoms with Crippen LogP contribution < -0.4 is 5.32 Å². The summed E-state index contributed by atoms with van der Waals surface area (Å²) >= 11 is 2.96. The number of aromatic nitrogens is 2. The first-order valence-electron chi connectivity index (χ1n) is 9.37. The highest BCUT2D eigenvalue weighted by molar-refractivity contribution is 8.14. The van der Waals surface area contributed by atoms with Crippen LogP contribution in [0.4, 0.5) is 16.5 Å². The van der Waals surface area contributed by atoms with Gasteiger partial charge in [0.15, 0.2) is 0 Å². The molecule has 0 radical (unpaired) electrons. The number of aryl methyl sites for hydroxylation is 2. The largest absolute Gasteiger partial charge is 0.324 e. The van der Waals surface area contributed by atoms with E-state index in [1.54, 1.807) is 28.9 Å². The Morgan fingerprint density at radius 2 is 1.94 bits per heavy atom.